The second kappa shape index (κ2) is 4.59. The smallest absolute Gasteiger partial charge is 0.235 e. The highest BCUT2D eigenvalue weighted by molar-refractivity contribution is 7.99. The average Bonchev–Trinajstić information content (AvgIpc) is 2.67. The molecule has 76 valence electrons. The molecule has 0 radical (unpaired) electrons. The Kier molecular flexibility index (Phi) is 3.18. The molecule has 14 heavy (non-hydrogen) atoms. The highest BCUT2D eigenvalue weighted by Crippen LogP contribution is 2.24. The Hall–Kier alpha value is -0.840. The lowest BCUT2D eigenvalue weighted by Crippen LogP contribution is -2.13. The Labute approximate surface area is 86.4 Å². The van der Waals surface area contributed by atoms with Crippen LogP contribution in [0.4, 0.5) is 0 Å². The first-order chi connectivity index (χ1) is 6.88. The van der Waals surface area contributed by atoms with Crippen molar-refractivity contribution in [1.82, 2.24) is 10.1 Å². The third-order valence-corrected chi connectivity index (χ3v) is 3.59. The fourth-order valence-electron chi connectivity index (χ4n) is 1.61. The monoisotopic (exact) mass is 212 g/mol. The molecule has 1 aliphatic heterocycles. The molecule has 2 heterocycles. The van der Waals surface area contributed by atoms with Gasteiger partial charge in [-0.15, -0.1) is 0 Å². The van der Waals surface area contributed by atoms with Crippen LogP contribution >= 0.6 is 11.8 Å². The van der Waals surface area contributed by atoms with Gasteiger partial charge in [-0.1, -0.05) is 5.16 Å². The van der Waals surface area contributed by atoms with Gasteiger partial charge in [0.05, 0.1) is 0 Å². The van der Waals surface area contributed by atoms with E-state index in [1.54, 1.807) is 0 Å². The van der Waals surface area contributed by atoms with Gasteiger partial charge in [0.1, 0.15) is 0 Å². The van der Waals surface area contributed by atoms with Crippen molar-refractivity contribution in [3.05, 3.63) is 11.7 Å². The molecule has 1 unspecified atom stereocenters. The van der Waals surface area contributed by atoms with Crippen molar-refractivity contribution < 1.29 is 9.32 Å². The maximum absolute atomic E-state index is 10.3. The Bertz CT molecular complexity index is 308. The minimum absolute atomic E-state index is 0.156. The van der Waals surface area contributed by atoms with Gasteiger partial charge in [-0.05, 0) is 30.3 Å². The lowest BCUT2D eigenvalue weighted by molar-refractivity contribution is 0.111. The summed E-state index contributed by atoms with van der Waals surface area (Å²) in [6, 6.07) is 0. The Balaban J connectivity index is 1.92. The topological polar surface area (TPSA) is 56.0 Å². The number of carbonyl (C=O) groups excluding carboxylic acids is 1. The SMILES string of the molecule is O=Cc1noc(CC2CCCSC2)n1. The summed E-state index contributed by atoms with van der Waals surface area (Å²) in [7, 11) is 0. The maximum Gasteiger partial charge on any atom is 0.235 e. The first-order valence-electron chi connectivity index (χ1n) is 4.74. The van der Waals surface area contributed by atoms with Crippen LogP contribution in [-0.2, 0) is 6.42 Å². The number of hydrogen-bond acceptors (Lipinski definition) is 5. The fraction of sp³-hybridized carbons (Fsp3) is 0.667. The summed E-state index contributed by atoms with van der Waals surface area (Å²) < 4.78 is 4.96. The lowest BCUT2D eigenvalue weighted by Gasteiger charge is -2.18. The van der Waals surface area contributed by atoms with Crippen molar-refractivity contribution in [2.75, 3.05) is 11.5 Å². The van der Waals surface area contributed by atoms with E-state index in [0.717, 1.165) is 6.42 Å². The van der Waals surface area contributed by atoms with E-state index in [4.69, 9.17) is 4.52 Å². The molecular weight excluding hydrogens is 200 g/mol. The van der Waals surface area contributed by atoms with Crippen molar-refractivity contribution in [2.45, 2.75) is 19.3 Å². The van der Waals surface area contributed by atoms with Gasteiger partial charge >= 0.3 is 0 Å². The molecule has 1 atom stereocenters. The number of carbonyl (C=O) groups is 1. The third kappa shape index (κ3) is 2.35. The summed E-state index contributed by atoms with van der Waals surface area (Å²) in [6.07, 6.45) is 3.92. The normalized spacial score (nSPS) is 22.1. The van der Waals surface area contributed by atoms with Gasteiger partial charge in [0.2, 0.25) is 11.7 Å². The molecule has 2 rings (SSSR count). The highest BCUT2D eigenvalue weighted by atomic mass is 32.2. The van der Waals surface area contributed by atoms with E-state index in [0.29, 0.717) is 18.1 Å². The largest absolute Gasteiger partial charge is 0.339 e. The van der Waals surface area contributed by atoms with E-state index in [9.17, 15) is 4.79 Å². The van der Waals surface area contributed by atoms with Crippen LogP contribution in [-0.4, -0.2) is 27.9 Å². The number of rotatable bonds is 3. The van der Waals surface area contributed by atoms with Crippen LogP contribution in [0.1, 0.15) is 29.4 Å². The van der Waals surface area contributed by atoms with Gasteiger partial charge in [0, 0.05) is 6.42 Å². The van der Waals surface area contributed by atoms with E-state index >= 15 is 0 Å². The standard InChI is InChI=1S/C9H12N2O2S/c12-5-8-10-9(13-11-8)4-7-2-1-3-14-6-7/h5,7H,1-4,6H2. The zero-order valence-electron chi connectivity index (χ0n) is 7.81. The molecule has 0 bridgehead atoms. The summed E-state index contributed by atoms with van der Waals surface area (Å²) in [5.74, 6) is 3.82. The fourth-order valence-corrected chi connectivity index (χ4v) is 2.77. The third-order valence-electron chi connectivity index (χ3n) is 2.31. The molecule has 0 aliphatic carbocycles. The number of thioether (sulfide) groups is 1. The Morgan fingerprint density at radius 1 is 1.64 bits per heavy atom. The minimum atomic E-state index is 0.156. The maximum atomic E-state index is 10.3. The second-order valence-electron chi connectivity index (χ2n) is 3.45. The molecular formula is C9H12N2O2S. The molecule has 0 saturated carbocycles. The van der Waals surface area contributed by atoms with Crippen molar-refractivity contribution in [3.63, 3.8) is 0 Å². The molecule has 1 fully saturated rings. The first kappa shape index (κ1) is 9.71. The quantitative estimate of drug-likeness (QED) is 0.712. The number of nitrogens with zero attached hydrogens (tertiary/aromatic N) is 2. The van der Waals surface area contributed by atoms with Crippen LogP contribution in [0.5, 0.6) is 0 Å². The molecule has 1 aliphatic rings. The zero-order valence-corrected chi connectivity index (χ0v) is 8.63. The molecule has 5 heteroatoms. The molecule has 0 N–H and O–H groups in total. The van der Waals surface area contributed by atoms with E-state index in [-0.39, 0.29) is 5.82 Å². The molecule has 0 aromatic carbocycles. The van der Waals surface area contributed by atoms with Crippen LogP contribution in [0.15, 0.2) is 4.52 Å². The first-order valence-corrected chi connectivity index (χ1v) is 5.89. The van der Waals surface area contributed by atoms with E-state index < -0.39 is 0 Å². The molecule has 4 nitrogen and oxygen atoms in total. The van der Waals surface area contributed by atoms with Gasteiger partial charge in [-0.2, -0.15) is 16.7 Å². The number of hydrogen-bond donors (Lipinski definition) is 0. The highest BCUT2D eigenvalue weighted by Gasteiger charge is 2.17. The zero-order chi connectivity index (χ0) is 9.80. The lowest BCUT2D eigenvalue weighted by atomic mass is 10.0. The summed E-state index contributed by atoms with van der Waals surface area (Å²) in [5.41, 5.74) is 0. The minimum Gasteiger partial charge on any atom is -0.339 e. The van der Waals surface area contributed by atoms with Crippen LogP contribution in [0.25, 0.3) is 0 Å². The predicted molar refractivity (Wildman–Crippen MR) is 53.4 cm³/mol. The van der Waals surface area contributed by atoms with Crippen LogP contribution in [0.2, 0.25) is 0 Å². The molecule has 1 saturated heterocycles. The van der Waals surface area contributed by atoms with Gasteiger partial charge in [0.25, 0.3) is 0 Å². The summed E-state index contributed by atoms with van der Waals surface area (Å²) in [4.78, 5) is 14.3. The number of aldehydes is 1. The number of aromatic nitrogens is 2. The Morgan fingerprint density at radius 2 is 2.57 bits per heavy atom. The summed E-state index contributed by atoms with van der Waals surface area (Å²) in [6.45, 7) is 0. The van der Waals surface area contributed by atoms with Gasteiger partial charge in [-0.3, -0.25) is 4.79 Å². The second-order valence-corrected chi connectivity index (χ2v) is 4.60. The predicted octanol–water partition coefficient (Wildman–Crippen LogP) is 1.57. The molecule has 0 amide bonds. The van der Waals surface area contributed by atoms with Crippen LogP contribution < -0.4 is 0 Å². The van der Waals surface area contributed by atoms with Crippen molar-refractivity contribution in [2.24, 2.45) is 5.92 Å². The van der Waals surface area contributed by atoms with Gasteiger partial charge in [-0.25, -0.2) is 0 Å². The summed E-state index contributed by atoms with van der Waals surface area (Å²) in [5, 5.41) is 3.54. The van der Waals surface area contributed by atoms with Gasteiger partial charge in [0.15, 0.2) is 6.29 Å². The van der Waals surface area contributed by atoms with Crippen LogP contribution in [0.3, 0.4) is 0 Å². The van der Waals surface area contributed by atoms with E-state index in [1.165, 1.54) is 24.3 Å². The van der Waals surface area contributed by atoms with E-state index in [1.807, 2.05) is 11.8 Å². The van der Waals surface area contributed by atoms with E-state index in [2.05, 4.69) is 10.1 Å². The molecule has 1 aromatic heterocycles. The van der Waals surface area contributed by atoms with Crippen LogP contribution in [0, 0.1) is 5.92 Å². The van der Waals surface area contributed by atoms with Crippen molar-refractivity contribution in [3.8, 4) is 0 Å². The molecule has 0 spiro atoms. The van der Waals surface area contributed by atoms with Crippen molar-refractivity contribution in [1.29, 1.82) is 0 Å². The van der Waals surface area contributed by atoms with Crippen molar-refractivity contribution >= 4 is 18.0 Å². The average molecular weight is 212 g/mol. The van der Waals surface area contributed by atoms with Gasteiger partial charge < -0.3 is 4.52 Å². The summed E-state index contributed by atoms with van der Waals surface area (Å²) >= 11 is 1.98. The molecule has 1 aromatic rings. The Morgan fingerprint density at radius 3 is 3.21 bits per heavy atom.